The Morgan fingerprint density at radius 1 is 1.30 bits per heavy atom. The number of thiazole rings is 1. The molecule has 0 saturated heterocycles. The van der Waals surface area contributed by atoms with Crippen molar-refractivity contribution in [3.05, 3.63) is 22.4 Å². The number of carbonyl (C=O) groups excluding carboxylic acids is 2. The van der Waals surface area contributed by atoms with E-state index in [0.717, 1.165) is 15.7 Å². The smallest absolute Gasteiger partial charge is 0.306 e. The van der Waals surface area contributed by atoms with Gasteiger partial charge in [0.05, 0.1) is 10.6 Å². The van der Waals surface area contributed by atoms with Gasteiger partial charge in [-0.2, -0.15) is 0 Å². The summed E-state index contributed by atoms with van der Waals surface area (Å²) in [4.78, 5) is 30.8. The molecule has 0 aliphatic heterocycles. The Morgan fingerprint density at radius 2 is 2.04 bits per heavy atom. The molecule has 1 atom stereocenters. The Balaban J connectivity index is 1.68. The molecule has 0 fully saturated rings. The highest BCUT2D eigenvalue weighted by Gasteiger charge is 2.22. The molecule has 0 aliphatic rings. The van der Waals surface area contributed by atoms with Crippen LogP contribution in [0.15, 0.2) is 17.5 Å². The van der Waals surface area contributed by atoms with E-state index in [0.29, 0.717) is 13.0 Å². The van der Waals surface area contributed by atoms with Crippen LogP contribution in [0.2, 0.25) is 0 Å². The quantitative estimate of drug-likeness (QED) is 0.504. The largest absolute Gasteiger partial charge is 0.453 e. The van der Waals surface area contributed by atoms with Gasteiger partial charge in [-0.25, -0.2) is 4.98 Å². The van der Waals surface area contributed by atoms with Gasteiger partial charge >= 0.3 is 5.97 Å². The van der Waals surface area contributed by atoms with Crippen LogP contribution in [0, 0.1) is 6.92 Å². The maximum absolute atomic E-state index is 11.9. The first-order valence-corrected chi connectivity index (χ1v) is 10.6. The lowest BCUT2D eigenvalue weighted by molar-refractivity contribution is -0.155. The predicted molar refractivity (Wildman–Crippen MR) is 111 cm³/mol. The lowest BCUT2D eigenvalue weighted by Gasteiger charge is -2.23. The first-order chi connectivity index (χ1) is 12.6. The van der Waals surface area contributed by atoms with E-state index in [1.807, 2.05) is 26.2 Å². The zero-order valence-corrected chi connectivity index (χ0v) is 18.1. The van der Waals surface area contributed by atoms with Gasteiger partial charge in [0.25, 0.3) is 5.91 Å². The van der Waals surface area contributed by atoms with Crippen LogP contribution in [-0.4, -0.2) is 35.0 Å². The minimum absolute atomic E-state index is 0.252. The third kappa shape index (κ3) is 7.30. The Kier molecular flexibility index (Phi) is 7.38. The summed E-state index contributed by atoms with van der Waals surface area (Å²) < 4.78 is 5.18. The summed E-state index contributed by atoms with van der Waals surface area (Å²) in [5.41, 5.74) is 0.620. The van der Waals surface area contributed by atoms with E-state index in [2.05, 4.69) is 34.7 Å². The molecule has 2 rings (SSSR count). The molecule has 6 nitrogen and oxygen atoms in total. The number of thiophene rings is 1. The molecule has 1 amide bonds. The van der Waals surface area contributed by atoms with Gasteiger partial charge in [0.2, 0.25) is 0 Å². The molecule has 0 aromatic carbocycles. The van der Waals surface area contributed by atoms with Crippen molar-refractivity contribution in [1.29, 1.82) is 0 Å². The molecule has 2 heterocycles. The Labute approximate surface area is 168 Å². The molecule has 27 heavy (non-hydrogen) atoms. The third-order valence-electron chi connectivity index (χ3n) is 3.51. The maximum Gasteiger partial charge on any atom is 0.306 e. The number of aryl methyl sites for hydroxylation is 1. The number of nitrogens with one attached hydrogen (secondary N) is 2. The van der Waals surface area contributed by atoms with Gasteiger partial charge in [0, 0.05) is 28.8 Å². The number of esters is 1. The summed E-state index contributed by atoms with van der Waals surface area (Å²) in [5.74, 6) is -0.657. The van der Waals surface area contributed by atoms with Gasteiger partial charge in [0.1, 0.15) is 0 Å². The minimum Gasteiger partial charge on any atom is -0.453 e. The second-order valence-electron chi connectivity index (χ2n) is 7.35. The molecule has 0 saturated carbocycles. The average molecular weight is 410 g/mol. The third-order valence-corrected chi connectivity index (χ3v) is 5.33. The van der Waals surface area contributed by atoms with Crippen molar-refractivity contribution in [2.45, 2.75) is 59.1 Å². The molecular formula is C19H27N3O3S2. The number of hydrogen-bond donors (Lipinski definition) is 2. The molecule has 2 aromatic heterocycles. The monoisotopic (exact) mass is 409 g/mol. The van der Waals surface area contributed by atoms with Crippen molar-refractivity contribution in [3.63, 3.8) is 0 Å². The van der Waals surface area contributed by atoms with E-state index in [4.69, 9.17) is 4.74 Å². The van der Waals surface area contributed by atoms with Crippen molar-refractivity contribution in [3.8, 4) is 10.6 Å². The van der Waals surface area contributed by atoms with Crippen LogP contribution >= 0.6 is 22.7 Å². The summed E-state index contributed by atoms with van der Waals surface area (Å²) in [6.45, 7) is 9.93. The second-order valence-corrected chi connectivity index (χ2v) is 9.50. The second kappa shape index (κ2) is 9.32. The van der Waals surface area contributed by atoms with Crippen molar-refractivity contribution >= 4 is 39.7 Å². The fraction of sp³-hybridized carbons (Fsp3) is 0.526. The molecule has 148 valence electrons. The van der Waals surface area contributed by atoms with Crippen molar-refractivity contribution in [1.82, 2.24) is 10.3 Å². The molecular weight excluding hydrogens is 382 g/mol. The maximum atomic E-state index is 11.9. The summed E-state index contributed by atoms with van der Waals surface area (Å²) in [7, 11) is 0. The molecule has 0 bridgehead atoms. The van der Waals surface area contributed by atoms with Gasteiger partial charge in [-0.3, -0.25) is 9.59 Å². The SMILES string of the molecule is Cc1ccc(-c2csc(NCCCC(=O)OC(C)C(=O)NC(C)(C)C)n2)s1. The molecule has 2 aromatic rings. The highest BCUT2D eigenvalue weighted by Crippen LogP contribution is 2.30. The fourth-order valence-corrected chi connectivity index (χ4v) is 3.89. The number of ether oxygens (including phenoxy) is 1. The summed E-state index contributed by atoms with van der Waals surface area (Å²) in [6, 6.07) is 4.16. The van der Waals surface area contributed by atoms with Gasteiger partial charge in [-0.15, -0.1) is 22.7 Å². The van der Waals surface area contributed by atoms with Crippen molar-refractivity contribution < 1.29 is 14.3 Å². The standard InChI is InChI=1S/C19H27N3O3S2/c1-12-8-9-15(27-12)14-11-26-18(21-14)20-10-6-7-16(23)25-13(2)17(24)22-19(3,4)5/h8-9,11,13H,6-7,10H2,1-5H3,(H,20,21)(H,22,24). The number of rotatable bonds is 8. The van der Waals surface area contributed by atoms with E-state index in [1.54, 1.807) is 29.6 Å². The zero-order chi connectivity index (χ0) is 20.0. The zero-order valence-electron chi connectivity index (χ0n) is 16.4. The molecule has 8 heteroatoms. The highest BCUT2D eigenvalue weighted by atomic mass is 32.1. The topological polar surface area (TPSA) is 80.3 Å². The van der Waals surface area contributed by atoms with Crippen LogP contribution in [-0.2, 0) is 14.3 Å². The van der Waals surface area contributed by atoms with Gasteiger partial charge in [-0.1, -0.05) is 0 Å². The Morgan fingerprint density at radius 3 is 2.67 bits per heavy atom. The van der Waals surface area contributed by atoms with E-state index in [1.165, 1.54) is 4.88 Å². The van der Waals surface area contributed by atoms with Crippen LogP contribution < -0.4 is 10.6 Å². The number of anilines is 1. The number of amides is 1. The fourth-order valence-electron chi connectivity index (χ4n) is 2.25. The Hall–Kier alpha value is -1.93. The molecule has 0 aliphatic carbocycles. The first kappa shape index (κ1) is 21.4. The summed E-state index contributed by atoms with van der Waals surface area (Å²) in [6.07, 6.45) is 0.0718. The van der Waals surface area contributed by atoms with Crippen molar-refractivity contribution in [2.24, 2.45) is 0 Å². The number of aromatic nitrogens is 1. The summed E-state index contributed by atoms with van der Waals surface area (Å²) >= 11 is 3.27. The number of hydrogen-bond acceptors (Lipinski definition) is 7. The molecule has 0 spiro atoms. The predicted octanol–water partition coefficient (Wildman–Crippen LogP) is 4.22. The Bertz CT molecular complexity index is 777. The molecule has 2 N–H and O–H groups in total. The van der Waals surface area contributed by atoms with Gasteiger partial charge in [0.15, 0.2) is 11.2 Å². The lowest BCUT2D eigenvalue weighted by atomic mass is 10.1. The highest BCUT2D eigenvalue weighted by molar-refractivity contribution is 7.16. The van der Waals surface area contributed by atoms with E-state index >= 15 is 0 Å². The van der Waals surface area contributed by atoms with Gasteiger partial charge < -0.3 is 15.4 Å². The van der Waals surface area contributed by atoms with Gasteiger partial charge in [-0.05, 0) is 53.2 Å². The lowest BCUT2D eigenvalue weighted by Crippen LogP contribution is -2.46. The average Bonchev–Trinajstić information content (AvgIpc) is 3.18. The molecule has 0 radical (unpaired) electrons. The van der Waals surface area contributed by atoms with Crippen LogP contribution in [0.25, 0.3) is 10.6 Å². The minimum atomic E-state index is -0.791. The van der Waals surface area contributed by atoms with Crippen LogP contribution in [0.5, 0.6) is 0 Å². The summed E-state index contributed by atoms with van der Waals surface area (Å²) in [5, 5.41) is 8.89. The normalized spacial score (nSPS) is 12.5. The van der Waals surface area contributed by atoms with Crippen LogP contribution in [0.4, 0.5) is 5.13 Å². The van der Waals surface area contributed by atoms with Crippen LogP contribution in [0.3, 0.4) is 0 Å². The van der Waals surface area contributed by atoms with Crippen molar-refractivity contribution in [2.75, 3.05) is 11.9 Å². The van der Waals surface area contributed by atoms with Crippen LogP contribution in [0.1, 0.15) is 45.4 Å². The van der Waals surface area contributed by atoms with E-state index in [-0.39, 0.29) is 23.8 Å². The molecule has 1 unspecified atom stereocenters. The number of nitrogens with zero attached hydrogens (tertiary/aromatic N) is 1. The first-order valence-electron chi connectivity index (χ1n) is 8.92. The number of carbonyl (C=O) groups is 2. The van der Waals surface area contributed by atoms with E-state index in [9.17, 15) is 9.59 Å². The van der Waals surface area contributed by atoms with E-state index < -0.39 is 6.10 Å².